The van der Waals surface area contributed by atoms with Gasteiger partial charge in [-0.25, -0.2) is 14.3 Å². The van der Waals surface area contributed by atoms with Crippen molar-refractivity contribution in [1.82, 2.24) is 5.48 Å². The van der Waals surface area contributed by atoms with Gasteiger partial charge >= 0.3 is 0 Å². The number of aromatic hydroxyl groups is 1. The summed E-state index contributed by atoms with van der Waals surface area (Å²) in [6, 6.07) is 0.811. The topological polar surface area (TPSA) is 52.5 Å². The van der Waals surface area contributed by atoms with Crippen molar-refractivity contribution in [3.05, 3.63) is 27.7 Å². The summed E-state index contributed by atoms with van der Waals surface area (Å²) >= 11 is 2.77. The monoisotopic (exact) mass is 253 g/mol. The molecule has 13 heavy (non-hydrogen) atoms. The summed E-state index contributed by atoms with van der Waals surface area (Å²) in [5, 5.41) is 17.3. The fourth-order valence-electron chi connectivity index (χ4n) is 0.876. The molecular weight excluding hydrogens is 248 g/mol. The zero-order chi connectivity index (χ0) is 10.0. The molecule has 3 nitrogen and oxygen atoms in total. The maximum atomic E-state index is 13.1. The van der Waals surface area contributed by atoms with Crippen LogP contribution >= 0.6 is 15.9 Å². The first-order valence-corrected chi connectivity index (χ1v) is 4.09. The Balaban J connectivity index is 3.28. The van der Waals surface area contributed by atoms with Gasteiger partial charge in [0, 0.05) is 5.56 Å². The van der Waals surface area contributed by atoms with Crippen molar-refractivity contribution in [2.45, 2.75) is 6.54 Å². The number of hydrogen-bond donors (Lipinski definition) is 3. The maximum Gasteiger partial charge on any atom is 0.166 e. The molecule has 1 aromatic rings. The molecular formula is C7H6BrF2NO2. The number of nitrogens with one attached hydrogen (secondary N) is 1. The van der Waals surface area contributed by atoms with Crippen molar-refractivity contribution in [3.63, 3.8) is 0 Å². The molecule has 0 fully saturated rings. The van der Waals surface area contributed by atoms with Crippen LogP contribution in [0.4, 0.5) is 8.78 Å². The van der Waals surface area contributed by atoms with Gasteiger partial charge < -0.3 is 10.3 Å². The van der Waals surface area contributed by atoms with E-state index in [1.165, 1.54) is 0 Å². The van der Waals surface area contributed by atoms with Crippen molar-refractivity contribution >= 4 is 15.9 Å². The molecule has 6 heteroatoms. The molecule has 0 aromatic heterocycles. The second-order valence-electron chi connectivity index (χ2n) is 2.32. The number of benzene rings is 1. The first kappa shape index (κ1) is 10.4. The van der Waals surface area contributed by atoms with Gasteiger partial charge in [-0.05, 0) is 22.0 Å². The molecule has 0 heterocycles. The molecule has 0 aliphatic carbocycles. The van der Waals surface area contributed by atoms with E-state index in [1.807, 2.05) is 0 Å². The van der Waals surface area contributed by atoms with Crippen LogP contribution in [0.2, 0.25) is 0 Å². The van der Waals surface area contributed by atoms with Gasteiger partial charge in [0.25, 0.3) is 0 Å². The Morgan fingerprint density at radius 1 is 1.46 bits per heavy atom. The average molecular weight is 254 g/mol. The fourth-order valence-corrected chi connectivity index (χ4v) is 1.32. The molecule has 0 saturated carbocycles. The lowest BCUT2D eigenvalue weighted by Gasteiger charge is -2.06. The van der Waals surface area contributed by atoms with Crippen molar-refractivity contribution in [2.24, 2.45) is 0 Å². The fraction of sp³-hybridized carbons (Fsp3) is 0.143. The lowest BCUT2D eigenvalue weighted by atomic mass is 10.2. The zero-order valence-electron chi connectivity index (χ0n) is 6.31. The molecule has 0 saturated heterocycles. The summed E-state index contributed by atoms with van der Waals surface area (Å²) in [6.45, 7) is -0.367. The van der Waals surface area contributed by atoms with Crippen LogP contribution in [-0.4, -0.2) is 10.3 Å². The van der Waals surface area contributed by atoms with Gasteiger partial charge in [0.2, 0.25) is 0 Å². The SMILES string of the molecule is ONCc1c(O)c(F)cc(Br)c1F. The van der Waals surface area contributed by atoms with E-state index in [-0.39, 0.29) is 16.6 Å². The molecule has 1 aromatic carbocycles. The van der Waals surface area contributed by atoms with Crippen LogP contribution in [0, 0.1) is 11.6 Å². The highest BCUT2D eigenvalue weighted by atomic mass is 79.9. The Labute approximate surface area is 81.1 Å². The van der Waals surface area contributed by atoms with Crippen LogP contribution < -0.4 is 5.48 Å². The molecule has 0 unspecified atom stereocenters. The van der Waals surface area contributed by atoms with Crippen molar-refractivity contribution in [3.8, 4) is 5.75 Å². The van der Waals surface area contributed by atoms with Crippen LogP contribution in [0.1, 0.15) is 5.56 Å². The third-order valence-electron chi connectivity index (χ3n) is 1.50. The number of hydroxylamine groups is 1. The van der Waals surface area contributed by atoms with Crippen molar-refractivity contribution in [1.29, 1.82) is 0 Å². The van der Waals surface area contributed by atoms with E-state index in [9.17, 15) is 8.78 Å². The quantitative estimate of drug-likeness (QED) is 0.558. The van der Waals surface area contributed by atoms with E-state index in [0.717, 1.165) is 6.07 Å². The molecule has 3 N–H and O–H groups in total. The average Bonchev–Trinajstić information content (AvgIpc) is 2.09. The molecule has 0 aliphatic heterocycles. The Hall–Kier alpha value is -0.720. The maximum absolute atomic E-state index is 13.1. The van der Waals surface area contributed by atoms with E-state index in [1.54, 1.807) is 5.48 Å². The van der Waals surface area contributed by atoms with E-state index < -0.39 is 17.4 Å². The Morgan fingerprint density at radius 3 is 2.62 bits per heavy atom. The third-order valence-corrected chi connectivity index (χ3v) is 2.07. The van der Waals surface area contributed by atoms with Gasteiger partial charge in [-0.2, -0.15) is 0 Å². The highest BCUT2D eigenvalue weighted by Crippen LogP contribution is 2.29. The highest BCUT2D eigenvalue weighted by molar-refractivity contribution is 9.10. The zero-order valence-corrected chi connectivity index (χ0v) is 7.90. The minimum Gasteiger partial charge on any atom is -0.505 e. The molecule has 1 rings (SSSR count). The number of phenolic OH excluding ortho intramolecular Hbond substituents is 1. The van der Waals surface area contributed by atoms with Crippen LogP contribution in [0.3, 0.4) is 0 Å². The van der Waals surface area contributed by atoms with Crippen LogP contribution in [0.5, 0.6) is 5.75 Å². The first-order valence-electron chi connectivity index (χ1n) is 3.30. The summed E-state index contributed by atoms with van der Waals surface area (Å²) in [5.74, 6) is -2.55. The Bertz CT molecular complexity index is 307. The van der Waals surface area contributed by atoms with Crippen LogP contribution in [-0.2, 0) is 6.54 Å². The Morgan fingerprint density at radius 2 is 2.08 bits per heavy atom. The van der Waals surface area contributed by atoms with E-state index in [4.69, 9.17) is 10.3 Å². The largest absolute Gasteiger partial charge is 0.505 e. The van der Waals surface area contributed by atoms with E-state index >= 15 is 0 Å². The third kappa shape index (κ3) is 1.96. The number of halogens is 3. The summed E-state index contributed by atoms with van der Waals surface area (Å²) in [6.07, 6.45) is 0. The highest BCUT2D eigenvalue weighted by Gasteiger charge is 2.15. The van der Waals surface area contributed by atoms with Gasteiger partial charge in [-0.3, -0.25) is 0 Å². The summed E-state index contributed by atoms with van der Waals surface area (Å²) in [4.78, 5) is 0. The molecule has 72 valence electrons. The predicted octanol–water partition coefficient (Wildman–Crippen LogP) is 1.91. The predicted molar refractivity (Wildman–Crippen MR) is 44.3 cm³/mol. The second-order valence-corrected chi connectivity index (χ2v) is 3.17. The van der Waals surface area contributed by atoms with Gasteiger partial charge in [0.15, 0.2) is 11.6 Å². The van der Waals surface area contributed by atoms with Gasteiger partial charge in [-0.1, -0.05) is 0 Å². The molecule has 0 atom stereocenters. The Kier molecular flexibility index (Phi) is 3.18. The lowest BCUT2D eigenvalue weighted by molar-refractivity contribution is 0.158. The summed E-state index contributed by atoms with van der Waals surface area (Å²) < 4.78 is 25.8. The second kappa shape index (κ2) is 3.99. The van der Waals surface area contributed by atoms with Crippen molar-refractivity contribution in [2.75, 3.05) is 0 Å². The molecule has 0 aliphatic rings. The number of rotatable bonds is 2. The number of hydrogen-bond acceptors (Lipinski definition) is 3. The standard InChI is InChI=1S/C7H6BrF2NO2/c8-4-1-5(9)7(12)3(2-11-13)6(4)10/h1,11-13H,2H2. The van der Waals surface area contributed by atoms with Gasteiger partial charge in [-0.15, -0.1) is 0 Å². The minimum absolute atomic E-state index is 0.104. The van der Waals surface area contributed by atoms with Crippen LogP contribution in [0.25, 0.3) is 0 Å². The molecule has 0 spiro atoms. The molecule has 0 bridgehead atoms. The van der Waals surface area contributed by atoms with Gasteiger partial charge in [0.1, 0.15) is 5.82 Å². The normalized spacial score (nSPS) is 10.5. The van der Waals surface area contributed by atoms with Crippen LogP contribution in [0.15, 0.2) is 10.5 Å². The first-order chi connectivity index (χ1) is 6.07. The molecule has 0 amide bonds. The van der Waals surface area contributed by atoms with E-state index in [2.05, 4.69) is 15.9 Å². The minimum atomic E-state index is -0.946. The summed E-state index contributed by atoms with van der Waals surface area (Å²) in [7, 11) is 0. The lowest BCUT2D eigenvalue weighted by Crippen LogP contribution is -2.09. The number of phenols is 1. The van der Waals surface area contributed by atoms with Gasteiger partial charge in [0.05, 0.1) is 11.0 Å². The van der Waals surface area contributed by atoms with E-state index in [0.29, 0.717) is 0 Å². The summed E-state index contributed by atoms with van der Waals surface area (Å²) in [5.41, 5.74) is 1.31. The molecule has 0 radical (unpaired) electrons. The smallest absolute Gasteiger partial charge is 0.166 e. The van der Waals surface area contributed by atoms with Crippen molar-refractivity contribution < 1.29 is 19.1 Å².